The van der Waals surface area contributed by atoms with Crippen molar-refractivity contribution in [2.45, 2.75) is 22.5 Å². The molecule has 1 aromatic carbocycles. The quantitative estimate of drug-likeness (QED) is 0.487. The first-order valence-electron chi connectivity index (χ1n) is 6.46. The fourth-order valence-corrected chi connectivity index (χ4v) is 3.38. The summed E-state index contributed by atoms with van der Waals surface area (Å²) in [7, 11) is -3.44. The predicted molar refractivity (Wildman–Crippen MR) is 80.3 cm³/mol. The third-order valence-electron chi connectivity index (χ3n) is 3.13. The van der Waals surface area contributed by atoms with Gasteiger partial charge >= 0.3 is 10.9 Å². The molecule has 0 bridgehead atoms. The Morgan fingerprint density at radius 1 is 1.26 bits per heavy atom. The maximum absolute atomic E-state index is 13.8. The van der Waals surface area contributed by atoms with Crippen molar-refractivity contribution in [2.24, 2.45) is 0 Å². The second-order valence-electron chi connectivity index (χ2n) is 4.78. The number of aromatic nitrogens is 2. The number of nitriles is 1. The van der Waals surface area contributed by atoms with E-state index in [-0.39, 0.29) is 12.1 Å². The summed E-state index contributed by atoms with van der Waals surface area (Å²) in [6.45, 7) is -1.64. The van der Waals surface area contributed by atoms with Crippen LogP contribution in [-0.2, 0) is 23.7 Å². The topological polar surface area (TPSA) is 58.7 Å². The molecule has 0 amide bonds. The van der Waals surface area contributed by atoms with E-state index >= 15 is 0 Å². The summed E-state index contributed by atoms with van der Waals surface area (Å²) in [6.07, 6.45) is -5.09. The fourth-order valence-electron chi connectivity index (χ4n) is 2.05. The predicted octanol–water partition coefficient (Wildman–Crippen LogP) is 4.92. The van der Waals surface area contributed by atoms with Crippen molar-refractivity contribution >= 4 is 34.0 Å². The summed E-state index contributed by atoms with van der Waals surface area (Å²) in [5, 5.41) is 11.6. The second-order valence-corrected chi connectivity index (χ2v) is 7.34. The summed E-state index contributed by atoms with van der Waals surface area (Å²) < 4.78 is 99.4. The lowest BCUT2D eigenvalue weighted by Crippen LogP contribution is -2.17. The van der Waals surface area contributed by atoms with Gasteiger partial charge in [-0.2, -0.15) is 32.3 Å². The van der Waals surface area contributed by atoms with Crippen LogP contribution in [0.15, 0.2) is 17.0 Å². The SMILES string of the molecule is N#Cc1nn(-c2cc(F)c(C(F)(F)F)cc2Cl)c(CF)c1S(=O)C(F)(F)Cl. The molecule has 0 aliphatic rings. The highest BCUT2D eigenvalue weighted by atomic mass is 35.5. The van der Waals surface area contributed by atoms with Gasteiger partial charge in [-0.3, -0.25) is 0 Å². The van der Waals surface area contributed by atoms with Crippen molar-refractivity contribution < 1.29 is 34.9 Å². The highest BCUT2D eigenvalue weighted by Crippen LogP contribution is 2.38. The van der Waals surface area contributed by atoms with Crippen molar-refractivity contribution in [3.05, 3.63) is 39.9 Å². The average Bonchev–Trinajstić information content (AvgIpc) is 2.91. The van der Waals surface area contributed by atoms with Crippen LogP contribution < -0.4 is 0 Å². The van der Waals surface area contributed by atoms with E-state index in [0.29, 0.717) is 4.68 Å². The van der Waals surface area contributed by atoms with Gasteiger partial charge < -0.3 is 0 Å². The number of hydrogen-bond donors (Lipinski definition) is 0. The fraction of sp³-hybridized carbons (Fsp3) is 0.231. The Balaban J connectivity index is 2.79. The Bertz CT molecular complexity index is 963. The first-order valence-corrected chi connectivity index (χ1v) is 8.36. The van der Waals surface area contributed by atoms with E-state index in [1.54, 1.807) is 0 Å². The zero-order valence-electron chi connectivity index (χ0n) is 12.4. The third kappa shape index (κ3) is 4.04. The van der Waals surface area contributed by atoms with Crippen LogP contribution in [0.5, 0.6) is 0 Å². The molecule has 0 saturated carbocycles. The molecule has 0 fully saturated rings. The van der Waals surface area contributed by atoms with Gasteiger partial charge in [-0.25, -0.2) is 17.7 Å². The van der Waals surface area contributed by atoms with Crippen molar-refractivity contribution in [1.82, 2.24) is 9.78 Å². The summed E-state index contributed by atoms with van der Waals surface area (Å²) in [6, 6.07) is 1.68. The number of halogens is 9. The molecule has 14 heteroatoms. The Hall–Kier alpha value is -1.84. The molecule has 0 radical (unpaired) electrons. The minimum absolute atomic E-state index is 0.175. The molecule has 2 rings (SSSR count). The van der Waals surface area contributed by atoms with Crippen LogP contribution in [0.1, 0.15) is 17.0 Å². The maximum atomic E-state index is 13.8. The van der Waals surface area contributed by atoms with Crippen LogP contribution in [-0.4, -0.2) is 18.7 Å². The lowest BCUT2D eigenvalue weighted by Gasteiger charge is -2.13. The third-order valence-corrected chi connectivity index (χ3v) is 5.07. The Labute approximate surface area is 158 Å². The van der Waals surface area contributed by atoms with E-state index in [9.17, 15) is 34.9 Å². The molecule has 4 nitrogen and oxygen atoms in total. The van der Waals surface area contributed by atoms with Crippen LogP contribution in [0.4, 0.5) is 30.7 Å². The van der Waals surface area contributed by atoms with Gasteiger partial charge in [0.2, 0.25) is 0 Å². The summed E-state index contributed by atoms with van der Waals surface area (Å²) in [4.78, 5) is -1.09. The average molecular weight is 454 g/mol. The van der Waals surface area contributed by atoms with Gasteiger partial charge in [-0.05, 0) is 17.7 Å². The van der Waals surface area contributed by atoms with Gasteiger partial charge in [0.25, 0.3) is 0 Å². The second kappa shape index (κ2) is 7.29. The minimum Gasteiger partial charge on any atom is -0.247 e. The first-order chi connectivity index (χ1) is 12.3. The summed E-state index contributed by atoms with van der Waals surface area (Å²) >= 11 is 10.3. The molecule has 146 valence electrons. The van der Waals surface area contributed by atoms with E-state index in [0.717, 1.165) is 0 Å². The molecule has 27 heavy (non-hydrogen) atoms. The number of alkyl halides is 7. The number of hydrogen-bond acceptors (Lipinski definition) is 3. The van der Waals surface area contributed by atoms with Crippen molar-refractivity contribution in [3.8, 4) is 11.8 Å². The van der Waals surface area contributed by atoms with Gasteiger partial charge in [-0.15, -0.1) is 0 Å². The lowest BCUT2D eigenvalue weighted by atomic mass is 10.2. The van der Waals surface area contributed by atoms with Gasteiger partial charge in [0.15, 0.2) is 5.69 Å². The molecule has 1 aromatic heterocycles. The van der Waals surface area contributed by atoms with Gasteiger partial charge in [-0.1, -0.05) is 11.6 Å². The minimum atomic E-state index is -5.09. The zero-order chi connectivity index (χ0) is 20.7. The normalized spacial score (nSPS) is 13.5. The molecule has 0 N–H and O–H groups in total. The van der Waals surface area contributed by atoms with E-state index < -0.39 is 66.7 Å². The summed E-state index contributed by atoms with van der Waals surface area (Å²) in [5.74, 6) is -1.81. The van der Waals surface area contributed by atoms with Crippen LogP contribution >= 0.6 is 23.2 Å². The van der Waals surface area contributed by atoms with E-state index in [2.05, 4.69) is 16.7 Å². The van der Waals surface area contributed by atoms with E-state index in [1.807, 2.05) is 0 Å². The molecular formula is C13H4Cl2F7N3OS. The Kier molecular flexibility index (Phi) is 5.79. The highest BCUT2D eigenvalue weighted by molar-refractivity contribution is 7.87. The van der Waals surface area contributed by atoms with Gasteiger partial charge in [0.1, 0.15) is 34.3 Å². The van der Waals surface area contributed by atoms with Crippen LogP contribution in [0.3, 0.4) is 0 Å². The Morgan fingerprint density at radius 3 is 2.30 bits per heavy atom. The Morgan fingerprint density at radius 2 is 1.85 bits per heavy atom. The number of benzene rings is 1. The summed E-state index contributed by atoms with van der Waals surface area (Å²) in [5.41, 5.74) is -4.28. The molecule has 1 atom stereocenters. The highest BCUT2D eigenvalue weighted by Gasteiger charge is 2.41. The number of nitrogens with zero attached hydrogens (tertiary/aromatic N) is 3. The van der Waals surface area contributed by atoms with Crippen LogP contribution in [0.2, 0.25) is 5.02 Å². The monoisotopic (exact) mass is 453 g/mol. The van der Waals surface area contributed by atoms with Crippen molar-refractivity contribution in [1.29, 1.82) is 5.26 Å². The number of rotatable bonds is 4. The molecule has 1 unspecified atom stereocenters. The van der Waals surface area contributed by atoms with Gasteiger partial charge in [0, 0.05) is 6.07 Å². The molecule has 0 aliphatic heterocycles. The first kappa shape index (κ1) is 21.5. The molecule has 1 heterocycles. The van der Waals surface area contributed by atoms with Crippen LogP contribution in [0.25, 0.3) is 5.69 Å². The van der Waals surface area contributed by atoms with E-state index in [4.69, 9.17) is 16.9 Å². The largest absolute Gasteiger partial charge is 0.419 e. The van der Waals surface area contributed by atoms with Crippen molar-refractivity contribution in [3.63, 3.8) is 0 Å². The molecule has 2 aromatic rings. The lowest BCUT2D eigenvalue weighted by molar-refractivity contribution is -0.139. The smallest absolute Gasteiger partial charge is 0.247 e. The molecule has 0 saturated heterocycles. The van der Waals surface area contributed by atoms with E-state index in [1.165, 1.54) is 6.07 Å². The van der Waals surface area contributed by atoms with Crippen molar-refractivity contribution in [2.75, 3.05) is 0 Å². The molecule has 0 spiro atoms. The van der Waals surface area contributed by atoms with Gasteiger partial charge in [0.05, 0.1) is 22.0 Å². The van der Waals surface area contributed by atoms with Crippen LogP contribution in [0, 0.1) is 17.1 Å². The maximum Gasteiger partial charge on any atom is 0.419 e. The standard InChI is InChI=1S/C13H4Cl2F7N3OS/c14-6-1-5(12(18,19)20)7(17)2-9(6)25-10(3-16)11(8(4-23)24-25)27(26)13(15,21)22/h1-2H,3H2. The zero-order valence-corrected chi connectivity index (χ0v) is 14.7. The molecule has 0 aliphatic carbocycles. The molecular weight excluding hydrogens is 450 g/mol.